The predicted octanol–water partition coefficient (Wildman–Crippen LogP) is 4.61. The van der Waals surface area contributed by atoms with Crippen LogP contribution in [0.15, 0.2) is 39.3 Å². The molecule has 21 heavy (non-hydrogen) atoms. The van der Waals surface area contributed by atoms with Gasteiger partial charge in [-0.15, -0.1) is 0 Å². The van der Waals surface area contributed by atoms with Crippen LogP contribution in [0.4, 0.5) is 0 Å². The summed E-state index contributed by atoms with van der Waals surface area (Å²) >= 11 is 6.77. The largest absolute Gasteiger partial charge is 0.478 e. The van der Waals surface area contributed by atoms with E-state index in [1.165, 1.54) is 0 Å². The monoisotopic (exact) mass is 412 g/mol. The van der Waals surface area contributed by atoms with Gasteiger partial charge in [-0.25, -0.2) is 4.79 Å². The number of hydrogen-bond acceptors (Lipinski definition) is 2. The third-order valence-corrected chi connectivity index (χ3v) is 4.63. The molecule has 110 valence electrons. The number of carboxylic acid groups (broad SMARTS) is 1. The van der Waals surface area contributed by atoms with E-state index >= 15 is 0 Å². The lowest BCUT2D eigenvalue weighted by Crippen LogP contribution is -2.12. The molecule has 0 amide bonds. The van der Waals surface area contributed by atoms with Gasteiger partial charge in [0.1, 0.15) is 6.10 Å². The van der Waals surface area contributed by atoms with Crippen molar-refractivity contribution in [2.45, 2.75) is 20.0 Å². The highest BCUT2D eigenvalue weighted by atomic mass is 79.9. The van der Waals surface area contributed by atoms with Gasteiger partial charge in [0.2, 0.25) is 0 Å². The summed E-state index contributed by atoms with van der Waals surface area (Å²) in [6.45, 7) is 3.53. The zero-order chi connectivity index (χ0) is 15.7. The molecule has 0 aromatic heterocycles. The molecule has 0 aliphatic carbocycles. The molecule has 0 radical (unpaired) electrons. The summed E-state index contributed by atoms with van der Waals surface area (Å²) in [6.07, 6.45) is -1.01. The summed E-state index contributed by atoms with van der Waals surface area (Å²) in [6, 6.07) is 9.02. The maximum atomic E-state index is 11.6. The van der Waals surface area contributed by atoms with E-state index < -0.39 is 12.1 Å². The van der Waals surface area contributed by atoms with Crippen molar-refractivity contribution in [3.63, 3.8) is 0 Å². The fraction of sp³-hybridized carbons (Fsp3) is 0.188. The Labute approximate surface area is 139 Å². The van der Waals surface area contributed by atoms with Crippen LogP contribution in [0.2, 0.25) is 0 Å². The van der Waals surface area contributed by atoms with E-state index in [4.69, 9.17) is 0 Å². The number of aryl methyl sites for hydroxylation is 2. The normalized spacial score (nSPS) is 12.2. The SMILES string of the molecule is Cc1ccc(C)c(C(O)c2cc(Br)ccc2Br)c1C(=O)O. The Bertz CT molecular complexity index is 711. The topological polar surface area (TPSA) is 57.5 Å². The Morgan fingerprint density at radius 3 is 2.33 bits per heavy atom. The summed E-state index contributed by atoms with van der Waals surface area (Å²) < 4.78 is 1.55. The van der Waals surface area contributed by atoms with Gasteiger partial charge in [-0.05, 0) is 43.2 Å². The molecule has 0 aliphatic heterocycles. The molecule has 1 unspecified atom stereocenters. The second kappa shape index (κ2) is 6.30. The van der Waals surface area contributed by atoms with E-state index in [0.717, 1.165) is 14.5 Å². The molecule has 5 heteroatoms. The van der Waals surface area contributed by atoms with Crippen molar-refractivity contribution >= 4 is 37.8 Å². The molecule has 0 saturated carbocycles. The van der Waals surface area contributed by atoms with Crippen LogP contribution in [0.3, 0.4) is 0 Å². The number of carboxylic acids is 1. The van der Waals surface area contributed by atoms with E-state index in [2.05, 4.69) is 31.9 Å². The van der Waals surface area contributed by atoms with Crippen LogP contribution in [-0.2, 0) is 0 Å². The molecule has 0 aliphatic rings. The van der Waals surface area contributed by atoms with E-state index in [1.54, 1.807) is 26.0 Å². The van der Waals surface area contributed by atoms with Crippen molar-refractivity contribution in [1.82, 2.24) is 0 Å². The molecule has 2 rings (SSSR count). The van der Waals surface area contributed by atoms with Crippen molar-refractivity contribution < 1.29 is 15.0 Å². The van der Waals surface area contributed by atoms with Crippen LogP contribution < -0.4 is 0 Å². The lowest BCUT2D eigenvalue weighted by atomic mass is 9.90. The summed E-state index contributed by atoms with van der Waals surface area (Å²) in [7, 11) is 0. The highest BCUT2D eigenvalue weighted by Gasteiger charge is 2.24. The number of carbonyl (C=O) groups is 1. The number of aliphatic hydroxyl groups is 1. The average molecular weight is 414 g/mol. The standard InChI is InChI=1S/C16H14Br2O3/c1-8-3-4-9(2)14(16(20)21)13(8)15(19)11-7-10(17)5-6-12(11)18/h3-7,15,19H,1-2H3,(H,20,21). The fourth-order valence-corrected chi connectivity index (χ4v) is 3.19. The number of aromatic carboxylic acids is 1. The summed E-state index contributed by atoms with van der Waals surface area (Å²) in [5, 5.41) is 20.2. The Kier molecular flexibility index (Phi) is 4.86. The van der Waals surface area contributed by atoms with Crippen molar-refractivity contribution in [1.29, 1.82) is 0 Å². The Hall–Kier alpha value is -1.17. The summed E-state index contributed by atoms with van der Waals surface area (Å²) in [5.74, 6) is -1.03. The second-order valence-electron chi connectivity index (χ2n) is 4.86. The highest BCUT2D eigenvalue weighted by molar-refractivity contribution is 9.11. The first kappa shape index (κ1) is 16.2. The second-order valence-corrected chi connectivity index (χ2v) is 6.63. The van der Waals surface area contributed by atoms with Gasteiger partial charge in [0.25, 0.3) is 0 Å². The number of aliphatic hydroxyl groups excluding tert-OH is 1. The predicted molar refractivity (Wildman–Crippen MR) is 88.8 cm³/mol. The maximum absolute atomic E-state index is 11.6. The van der Waals surface area contributed by atoms with Crippen LogP contribution >= 0.6 is 31.9 Å². The number of hydrogen-bond donors (Lipinski definition) is 2. The number of halogens is 2. The molecule has 3 nitrogen and oxygen atoms in total. The molecule has 0 bridgehead atoms. The Morgan fingerprint density at radius 1 is 1.10 bits per heavy atom. The van der Waals surface area contributed by atoms with Crippen LogP contribution in [0, 0.1) is 13.8 Å². The molecule has 0 heterocycles. The van der Waals surface area contributed by atoms with E-state index in [0.29, 0.717) is 16.7 Å². The number of benzene rings is 2. The van der Waals surface area contributed by atoms with Crippen LogP contribution in [0.1, 0.15) is 38.7 Å². The first-order chi connectivity index (χ1) is 9.82. The van der Waals surface area contributed by atoms with Gasteiger partial charge in [-0.1, -0.05) is 44.0 Å². The smallest absolute Gasteiger partial charge is 0.336 e. The van der Waals surface area contributed by atoms with E-state index in [9.17, 15) is 15.0 Å². The minimum Gasteiger partial charge on any atom is -0.478 e. The van der Waals surface area contributed by atoms with Gasteiger partial charge in [-0.2, -0.15) is 0 Å². The minimum atomic E-state index is -1.03. The molecule has 2 aromatic rings. The van der Waals surface area contributed by atoms with Gasteiger partial charge in [0.05, 0.1) is 5.56 Å². The zero-order valence-corrected chi connectivity index (χ0v) is 14.7. The molecule has 0 fully saturated rings. The quantitative estimate of drug-likeness (QED) is 0.772. The molecule has 0 saturated heterocycles. The highest BCUT2D eigenvalue weighted by Crippen LogP contribution is 2.35. The van der Waals surface area contributed by atoms with Gasteiger partial charge in [-0.3, -0.25) is 0 Å². The van der Waals surface area contributed by atoms with Crippen molar-refractivity contribution in [2.24, 2.45) is 0 Å². The van der Waals surface area contributed by atoms with Crippen LogP contribution in [-0.4, -0.2) is 16.2 Å². The molecule has 0 spiro atoms. The lowest BCUT2D eigenvalue weighted by Gasteiger charge is -2.19. The minimum absolute atomic E-state index is 0.161. The lowest BCUT2D eigenvalue weighted by molar-refractivity contribution is 0.0690. The van der Waals surface area contributed by atoms with Gasteiger partial charge < -0.3 is 10.2 Å². The Morgan fingerprint density at radius 2 is 1.71 bits per heavy atom. The van der Waals surface area contributed by atoms with Crippen LogP contribution in [0.25, 0.3) is 0 Å². The molecule has 2 N–H and O–H groups in total. The number of rotatable bonds is 3. The van der Waals surface area contributed by atoms with Crippen LogP contribution in [0.5, 0.6) is 0 Å². The zero-order valence-electron chi connectivity index (χ0n) is 11.5. The molecule has 1 atom stereocenters. The third kappa shape index (κ3) is 3.20. The summed E-state index contributed by atoms with van der Waals surface area (Å²) in [4.78, 5) is 11.6. The Balaban J connectivity index is 2.68. The maximum Gasteiger partial charge on any atom is 0.336 e. The molecular weight excluding hydrogens is 400 g/mol. The van der Waals surface area contributed by atoms with Gasteiger partial charge in [0, 0.05) is 20.1 Å². The first-order valence-corrected chi connectivity index (χ1v) is 7.88. The third-order valence-electron chi connectivity index (χ3n) is 3.41. The van der Waals surface area contributed by atoms with Crippen molar-refractivity contribution in [2.75, 3.05) is 0 Å². The summed E-state index contributed by atoms with van der Waals surface area (Å²) in [5.41, 5.74) is 2.60. The fourth-order valence-electron chi connectivity index (χ4n) is 2.35. The van der Waals surface area contributed by atoms with Crippen molar-refractivity contribution in [3.05, 3.63) is 67.1 Å². The van der Waals surface area contributed by atoms with Gasteiger partial charge >= 0.3 is 5.97 Å². The van der Waals surface area contributed by atoms with E-state index in [-0.39, 0.29) is 5.56 Å². The molecule has 2 aromatic carbocycles. The van der Waals surface area contributed by atoms with Crippen molar-refractivity contribution in [3.8, 4) is 0 Å². The molecular formula is C16H14Br2O3. The van der Waals surface area contributed by atoms with Gasteiger partial charge in [0.15, 0.2) is 0 Å². The average Bonchev–Trinajstić information content (AvgIpc) is 2.42. The first-order valence-electron chi connectivity index (χ1n) is 6.29. The van der Waals surface area contributed by atoms with E-state index in [1.807, 2.05) is 18.2 Å².